The summed E-state index contributed by atoms with van der Waals surface area (Å²) in [6.07, 6.45) is 2.15. The van der Waals surface area contributed by atoms with Crippen LogP contribution in [0.2, 0.25) is 0 Å². The van der Waals surface area contributed by atoms with Crippen LogP contribution in [0.1, 0.15) is 36.0 Å². The number of aliphatic carboxylic acids is 1. The number of likely N-dealkylation sites (tertiary alicyclic amines) is 1. The van der Waals surface area contributed by atoms with Crippen LogP contribution in [0.25, 0.3) is 0 Å². The third-order valence-corrected chi connectivity index (χ3v) is 6.40. The SMILES string of the molecule is Cc1cc2c(cc1C)OC(C(=O)N1CCC([C@@H]3OCCC3C(=O)O)CC1)C2. The Bertz CT molecular complexity index is 722. The van der Waals surface area contributed by atoms with Crippen molar-refractivity contribution in [2.45, 2.75) is 51.7 Å². The van der Waals surface area contributed by atoms with Crippen LogP contribution >= 0.6 is 0 Å². The van der Waals surface area contributed by atoms with Crippen molar-refractivity contribution in [2.24, 2.45) is 11.8 Å². The van der Waals surface area contributed by atoms with Gasteiger partial charge in [0.05, 0.1) is 12.0 Å². The third kappa shape index (κ3) is 3.43. The van der Waals surface area contributed by atoms with Gasteiger partial charge in [-0.1, -0.05) is 6.07 Å². The van der Waals surface area contributed by atoms with E-state index in [-0.39, 0.29) is 17.9 Å². The largest absolute Gasteiger partial charge is 0.481 e. The first-order chi connectivity index (χ1) is 12.9. The normalized spacial score (nSPS) is 28.1. The average molecular weight is 373 g/mol. The van der Waals surface area contributed by atoms with E-state index in [2.05, 4.69) is 13.0 Å². The van der Waals surface area contributed by atoms with Gasteiger partial charge in [0.1, 0.15) is 5.75 Å². The lowest BCUT2D eigenvalue weighted by Gasteiger charge is -2.36. The maximum Gasteiger partial charge on any atom is 0.309 e. The van der Waals surface area contributed by atoms with Gasteiger partial charge in [-0.3, -0.25) is 9.59 Å². The summed E-state index contributed by atoms with van der Waals surface area (Å²) in [7, 11) is 0. The van der Waals surface area contributed by atoms with E-state index in [9.17, 15) is 14.7 Å². The van der Waals surface area contributed by atoms with Crippen LogP contribution < -0.4 is 4.74 Å². The molecule has 0 saturated carbocycles. The summed E-state index contributed by atoms with van der Waals surface area (Å²) in [5.74, 6) is -0.0863. The zero-order valence-electron chi connectivity index (χ0n) is 15.9. The highest BCUT2D eigenvalue weighted by Crippen LogP contribution is 2.35. The number of aryl methyl sites for hydroxylation is 2. The van der Waals surface area contributed by atoms with Gasteiger partial charge in [-0.25, -0.2) is 0 Å². The quantitative estimate of drug-likeness (QED) is 0.880. The van der Waals surface area contributed by atoms with Gasteiger partial charge in [-0.05, 0) is 61.8 Å². The summed E-state index contributed by atoms with van der Waals surface area (Å²) in [6, 6.07) is 4.14. The van der Waals surface area contributed by atoms with E-state index in [0.717, 1.165) is 24.2 Å². The molecule has 2 fully saturated rings. The van der Waals surface area contributed by atoms with E-state index in [1.807, 2.05) is 17.9 Å². The minimum Gasteiger partial charge on any atom is -0.481 e. The molecule has 3 atom stereocenters. The Labute approximate surface area is 159 Å². The highest BCUT2D eigenvalue weighted by atomic mass is 16.5. The van der Waals surface area contributed by atoms with Crippen LogP contribution in [0.3, 0.4) is 0 Å². The van der Waals surface area contributed by atoms with Crippen LogP contribution in [0.5, 0.6) is 5.75 Å². The first-order valence-electron chi connectivity index (χ1n) is 9.84. The fourth-order valence-corrected chi connectivity index (χ4v) is 4.64. The molecule has 27 heavy (non-hydrogen) atoms. The fourth-order valence-electron chi connectivity index (χ4n) is 4.64. The van der Waals surface area contributed by atoms with Crippen LogP contribution in [0.15, 0.2) is 12.1 Å². The van der Waals surface area contributed by atoms with E-state index in [1.54, 1.807) is 0 Å². The van der Waals surface area contributed by atoms with Crippen LogP contribution in [0.4, 0.5) is 0 Å². The number of carboxylic acid groups (broad SMARTS) is 1. The van der Waals surface area contributed by atoms with Crippen molar-refractivity contribution < 1.29 is 24.2 Å². The van der Waals surface area contributed by atoms with Crippen molar-refractivity contribution in [1.29, 1.82) is 0 Å². The number of fused-ring (bicyclic) bond motifs is 1. The lowest BCUT2D eigenvalue weighted by molar-refractivity contribution is -0.146. The molecule has 2 unspecified atom stereocenters. The van der Waals surface area contributed by atoms with E-state index in [4.69, 9.17) is 9.47 Å². The van der Waals surface area contributed by atoms with Crippen LogP contribution in [-0.2, 0) is 20.7 Å². The molecular formula is C21H27NO5. The summed E-state index contributed by atoms with van der Waals surface area (Å²) < 4.78 is 11.7. The number of carboxylic acids is 1. The molecule has 0 bridgehead atoms. The number of rotatable bonds is 3. The molecule has 3 aliphatic rings. The zero-order valence-corrected chi connectivity index (χ0v) is 15.9. The van der Waals surface area contributed by atoms with Crippen molar-refractivity contribution in [3.8, 4) is 5.75 Å². The molecule has 6 heteroatoms. The second kappa shape index (κ2) is 7.15. The Kier molecular flexibility index (Phi) is 4.84. The molecular weight excluding hydrogens is 346 g/mol. The van der Waals surface area contributed by atoms with E-state index in [0.29, 0.717) is 32.5 Å². The minimum atomic E-state index is -0.765. The van der Waals surface area contributed by atoms with Crippen molar-refractivity contribution in [3.05, 3.63) is 28.8 Å². The van der Waals surface area contributed by atoms with Gasteiger partial charge in [0, 0.05) is 26.1 Å². The van der Waals surface area contributed by atoms with Gasteiger partial charge in [0.15, 0.2) is 6.10 Å². The lowest BCUT2D eigenvalue weighted by Crippen LogP contribution is -2.47. The maximum atomic E-state index is 12.9. The number of carbonyl (C=O) groups excluding carboxylic acids is 1. The maximum absolute atomic E-state index is 12.9. The Balaban J connectivity index is 1.35. The number of carbonyl (C=O) groups is 2. The predicted molar refractivity (Wildman–Crippen MR) is 98.8 cm³/mol. The smallest absolute Gasteiger partial charge is 0.309 e. The molecule has 0 spiro atoms. The van der Waals surface area contributed by atoms with E-state index in [1.165, 1.54) is 11.1 Å². The van der Waals surface area contributed by atoms with Gasteiger partial charge in [0.2, 0.25) is 0 Å². The molecule has 4 rings (SSSR count). The molecule has 1 aromatic carbocycles. The second-order valence-corrected chi connectivity index (χ2v) is 8.09. The summed E-state index contributed by atoms with van der Waals surface area (Å²) in [5.41, 5.74) is 3.50. The number of amides is 1. The molecule has 0 aromatic heterocycles. The molecule has 3 heterocycles. The minimum absolute atomic E-state index is 0.0436. The Morgan fingerprint density at radius 1 is 1.11 bits per heavy atom. The molecule has 146 valence electrons. The summed E-state index contributed by atoms with van der Waals surface area (Å²) in [4.78, 5) is 26.2. The number of piperidine rings is 1. The second-order valence-electron chi connectivity index (χ2n) is 8.09. The number of ether oxygens (including phenoxy) is 2. The van der Waals surface area contributed by atoms with Crippen molar-refractivity contribution in [3.63, 3.8) is 0 Å². The Morgan fingerprint density at radius 3 is 2.52 bits per heavy atom. The number of benzene rings is 1. The van der Waals surface area contributed by atoms with Gasteiger partial charge in [0.25, 0.3) is 5.91 Å². The molecule has 2 saturated heterocycles. The summed E-state index contributed by atoms with van der Waals surface area (Å²) >= 11 is 0. The van der Waals surface area contributed by atoms with Gasteiger partial charge >= 0.3 is 5.97 Å². The monoisotopic (exact) mass is 373 g/mol. The zero-order chi connectivity index (χ0) is 19.1. The molecule has 1 amide bonds. The summed E-state index contributed by atoms with van der Waals surface area (Å²) in [6.45, 7) is 5.93. The van der Waals surface area contributed by atoms with Crippen molar-refractivity contribution in [1.82, 2.24) is 4.90 Å². The first-order valence-corrected chi connectivity index (χ1v) is 9.84. The first kappa shape index (κ1) is 18.3. The van der Waals surface area contributed by atoms with E-state index >= 15 is 0 Å². The Hall–Kier alpha value is -2.08. The average Bonchev–Trinajstić information content (AvgIpc) is 3.29. The van der Waals surface area contributed by atoms with Gasteiger partial charge in [-0.15, -0.1) is 0 Å². The van der Waals surface area contributed by atoms with Crippen molar-refractivity contribution in [2.75, 3.05) is 19.7 Å². The summed E-state index contributed by atoms with van der Waals surface area (Å²) in [5, 5.41) is 9.36. The fraction of sp³-hybridized carbons (Fsp3) is 0.619. The molecule has 6 nitrogen and oxygen atoms in total. The molecule has 0 radical (unpaired) electrons. The molecule has 3 aliphatic heterocycles. The highest BCUT2D eigenvalue weighted by Gasteiger charge is 2.42. The number of hydrogen-bond donors (Lipinski definition) is 1. The van der Waals surface area contributed by atoms with E-state index < -0.39 is 18.0 Å². The van der Waals surface area contributed by atoms with Gasteiger partial charge in [-0.2, -0.15) is 0 Å². The van der Waals surface area contributed by atoms with Gasteiger partial charge < -0.3 is 19.5 Å². The number of hydrogen-bond acceptors (Lipinski definition) is 4. The lowest BCUT2D eigenvalue weighted by atomic mass is 9.84. The molecule has 1 aromatic rings. The topological polar surface area (TPSA) is 76.1 Å². The third-order valence-electron chi connectivity index (χ3n) is 6.40. The highest BCUT2D eigenvalue weighted by molar-refractivity contribution is 5.83. The molecule has 0 aliphatic carbocycles. The number of nitrogens with zero attached hydrogens (tertiary/aromatic N) is 1. The van der Waals surface area contributed by atoms with Crippen LogP contribution in [0, 0.1) is 25.7 Å². The van der Waals surface area contributed by atoms with Crippen LogP contribution in [-0.4, -0.2) is 53.8 Å². The molecule has 1 N–H and O–H groups in total. The predicted octanol–water partition coefficient (Wildman–Crippen LogP) is 2.34. The Morgan fingerprint density at radius 2 is 1.81 bits per heavy atom. The van der Waals surface area contributed by atoms with Crippen molar-refractivity contribution >= 4 is 11.9 Å². The standard InChI is InChI=1S/C21H27NO5/c1-12-9-15-11-18(27-17(15)10-13(12)2)20(23)22-6-3-14(4-7-22)19-16(21(24)25)5-8-26-19/h9-10,14,16,18-19H,3-8,11H2,1-2H3,(H,24,25)/t16?,18?,19-/m0/s1.